The standard InChI is InChI=1S/C31H18Cl4N2O2S2/c32-18-5-11-22-24(14-18)40-28(26(22)34)30(38)36-20-7-1-16(2-8-20)13-17-3-9-21(10-4-17)37-31(39)29-27(35)23-12-6-19(33)15-25(23)41-29/h1-12,14-15H,13H2,(H,36,38)(H,37,39). The van der Waals surface area contributed by atoms with E-state index in [1.165, 1.54) is 22.7 Å². The molecule has 0 spiro atoms. The molecule has 2 amide bonds. The van der Waals surface area contributed by atoms with Gasteiger partial charge in [-0.1, -0.05) is 82.8 Å². The fraction of sp³-hybridized carbons (Fsp3) is 0.0323. The van der Waals surface area contributed by atoms with Gasteiger partial charge in [0.2, 0.25) is 0 Å². The molecule has 0 radical (unpaired) electrons. The zero-order valence-electron chi connectivity index (χ0n) is 20.9. The van der Waals surface area contributed by atoms with Crippen molar-refractivity contribution in [2.75, 3.05) is 10.6 Å². The maximum atomic E-state index is 12.9. The molecule has 41 heavy (non-hydrogen) atoms. The van der Waals surface area contributed by atoms with Crippen molar-refractivity contribution in [3.05, 3.63) is 126 Å². The van der Waals surface area contributed by atoms with Crippen molar-refractivity contribution in [2.24, 2.45) is 0 Å². The molecule has 4 aromatic carbocycles. The van der Waals surface area contributed by atoms with Crippen LogP contribution in [0.15, 0.2) is 84.9 Å². The van der Waals surface area contributed by atoms with E-state index in [1.54, 1.807) is 24.3 Å². The minimum atomic E-state index is -0.265. The van der Waals surface area contributed by atoms with Gasteiger partial charge in [-0.25, -0.2) is 0 Å². The number of halogens is 4. The molecule has 6 aromatic rings. The Balaban J connectivity index is 1.08. The number of hydrogen-bond acceptors (Lipinski definition) is 4. The number of thiophene rings is 2. The second kappa shape index (κ2) is 11.6. The Morgan fingerprint density at radius 2 is 0.951 bits per heavy atom. The number of fused-ring (bicyclic) bond motifs is 2. The molecule has 0 saturated carbocycles. The number of rotatable bonds is 6. The summed E-state index contributed by atoms with van der Waals surface area (Å²) in [5, 5.41) is 9.49. The van der Waals surface area contributed by atoms with E-state index >= 15 is 0 Å². The number of benzene rings is 4. The zero-order valence-corrected chi connectivity index (χ0v) is 25.6. The van der Waals surface area contributed by atoms with Gasteiger partial charge < -0.3 is 10.6 Å². The van der Waals surface area contributed by atoms with Gasteiger partial charge in [-0.2, -0.15) is 0 Å². The maximum absolute atomic E-state index is 12.9. The number of nitrogens with one attached hydrogen (secondary N) is 2. The summed E-state index contributed by atoms with van der Waals surface area (Å²) in [5.74, 6) is -0.531. The molecule has 0 aliphatic rings. The van der Waals surface area contributed by atoms with E-state index in [0.717, 1.165) is 31.3 Å². The van der Waals surface area contributed by atoms with Gasteiger partial charge in [0.05, 0.1) is 10.0 Å². The summed E-state index contributed by atoms with van der Waals surface area (Å²) in [4.78, 5) is 26.7. The summed E-state index contributed by atoms with van der Waals surface area (Å²) in [6.45, 7) is 0. The van der Waals surface area contributed by atoms with Crippen LogP contribution in [-0.4, -0.2) is 11.8 Å². The Hall–Kier alpha value is -3.10. The number of hydrogen-bond donors (Lipinski definition) is 2. The first-order chi connectivity index (χ1) is 19.7. The monoisotopic (exact) mass is 654 g/mol. The predicted octanol–water partition coefficient (Wildman–Crippen LogP) is 10.8. The first-order valence-corrected chi connectivity index (χ1v) is 15.5. The topological polar surface area (TPSA) is 58.2 Å². The molecule has 10 heteroatoms. The van der Waals surface area contributed by atoms with Gasteiger partial charge >= 0.3 is 0 Å². The highest BCUT2D eigenvalue weighted by Crippen LogP contribution is 2.38. The predicted molar refractivity (Wildman–Crippen MR) is 175 cm³/mol. The zero-order chi connectivity index (χ0) is 28.7. The first kappa shape index (κ1) is 28.0. The Kier molecular flexibility index (Phi) is 7.97. The summed E-state index contributed by atoms with van der Waals surface area (Å²) in [7, 11) is 0. The van der Waals surface area contributed by atoms with Crippen LogP contribution in [0.25, 0.3) is 20.2 Å². The average Bonchev–Trinajstić information content (AvgIpc) is 3.46. The Bertz CT molecular complexity index is 1810. The van der Waals surface area contributed by atoms with E-state index in [4.69, 9.17) is 46.4 Å². The maximum Gasteiger partial charge on any atom is 0.267 e. The summed E-state index contributed by atoms with van der Waals surface area (Å²) in [6, 6.07) is 26.1. The minimum Gasteiger partial charge on any atom is -0.321 e. The fourth-order valence-corrected chi connectivity index (χ4v) is 7.77. The van der Waals surface area contributed by atoms with Gasteiger partial charge in [0.1, 0.15) is 9.75 Å². The fourth-order valence-electron chi connectivity index (χ4n) is 4.39. The van der Waals surface area contributed by atoms with Crippen LogP contribution >= 0.6 is 69.1 Å². The minimum absolute atomic E-state index is 0.265. The second-order valence-electron chi connectivity index (χ2n) is 9.25. The number of anilines is 2. The summed E-state index contributed by atoms with van der Waals surface area (Å²) in [5.41, 5.74) is 3.49. The van der Waals surface area contributed by atoms with Crippen LogP contribution < -0.4 is 10.6 Å². The summed E-state index contributed by atoms with van der Waals surface area (Å²) < 4.78 is 1.73. The van der Waals surface area contributed by atoms with Gasteiger partial charge in [-0.05, 0) is 66.1 Å². The highest BCUT2D eigenvalue weighted by molar-refractivity contribution is 7.22. The molecule has 0 aliphatic heterocycles. The summed E-state index contributed by atoms with van der Waals surface area (Å²) >= 11 is 27.7. The van der Waals surface area contributed by atoms with Crippen LogP contribution in [0.2, 0.25) is 20.1 Å². The molecule has 0 bridgehead atoms. The lowest BCUT2D eigenvalue weighted by Crippen LogP contribution is -2.10. The largest absolute Gasteiger partial charge is 0.321 e. The van der Waals surface area contributed by atoms with E-state index in [-0.39, 0.29) is 11.8 Å². The van der Waals surface area contributed by atoms with Crippen LogP contribution in [0, 0.1) is 0 Å². The van der Waals surface area contributed by atoms with Crippen LogP contribution in [-0.2, 0) is 6.42 Å². The van der Waals surface area contributed by atoms with Gasteiger partial charge in [0, 0.05) is 41.6 Å². The van der Waals surface area contributed by atoms with Crippen molar-refractivity contribution >= 4 is 112 Å². The molecule has 0 fully saturated rings. The van der Waals surface area contributed by atoms with Crippen LogP contribution in [0.4, 0.5) is 11.4 Å². The van der Waals surface area contributed by atoms with Crippen LogP contribution in [0.1, 0.15) is 30.5 Å². The number of carbonyl (C=O) groups excluding carboxylic acids is 2. The molecular formula is C31H18Cl4N2O2S2. The molecular weight excluding hydrogens is 638 g/mol. The lowest BCUT2D eigenvalue weighted by Gasteiger charge is -2.08. The SMILES string of the molecule is O=C(Nc1ccc(Cc2ccc(NC(=O)c3sc4cc(Cl)ccc4c3Cl)cc2)cc1)c1sc2cc(Cl)ccc2c1Cl. The molecule has 0 atom stereocenters. The summed E-state index contributed by atoms with van der Waals surface area (Å²) in [6.07, 6.45) is 0.689. The highest BCUT2D eigenvalue weighted by Gasteiger charge is 2.19. The van der Waals surface area contributed by atoms with Gasteiger partial charge in [-0.15, -0.1) is 22.7 Å². The molecule has 0 unspecified atom stereocenters. The number of amides is 2. The van der Waals surface area contributed by atoms with Crippen molar-refractivity contribution < 1.29 is 9.59 Å². The van der Waals surface area contributed by atoms with Crippen molar-refractivity contribution in [2.45, 2.75) is 6.42 Å². The van der Waals surface area contributed by atoms with E-state index in [9.17, 15) is 9.59 Å². The van der Waals surface area contributed by atoms with Crippen LogP contribution in [0.3, 0.4) is 0 Å². The average molecular weight is 656 g/mol. The van der Waals surface area contributed by atoms with Crippen molar-refractivity contribution in [1.82, 2.24) is 0 Å². The van der Waals surface area contributed by atoms with Crippen molar-refractivity contribution in [1.29, 1.82) is 0 Å². The molecule has 0 aliphatic carbocycles. The molecule has 2 heterocycles. The van der Waals surface area contributed by atoms with Crippen LogP contribution in [0.5, 0.6) is 0 Å². The Morgan fingerprint density at radius 1 is 0.561 bits per heavy atom. The first-order valence-electron chi connectivity index (χ1n) is 12.3. The number of carbonyl (C=O) groups is 2. The van der Waals surface area contributed by atoms with E-state index in [0.29, 0.717) is 47.6 Å². The molecule has 0 saturated heterocycles. The molecule has 2 N–H and O–H groups in total. The van der Waals surface area contributed by atoms with E-state index in [1.807, 2.05) is 60.7 Å². The smallest absolute Gasteiger partial charge is 0.267 e. The van der Waals surface area contributed by atoms with E-state index < -0.39 is 0 Å². The third-order valence-electron chi connectivity index (χ3n) is 6.43. The Labute approximate surface area is 263 Å². The molecule has 4 nitrogen and oxygen atoms in total. The van der Waals surface area contributed by atoms with Crippen molar-refractivity contribution in [3.63, 3.8) is 0 Å². The van der Waals surface area contributed by atoms with E-state index in [2.05, 4.69) is 10.6 Å². The third-order valence-corrected chi connectivity index (χ3v) is 10.2. The lowest BCUT2D eigenvalue weighted by atomic mass is 10.0. The highest BCUT2D eigenvalue weighted by atomic mass is 35.5. The second-order valence-corrected chi connectivity index (χ2v) is 13.0. The van der Waals surface area contributed by atoms with Gasteiger partial charge in [0.15, 0.2) is 0 Å². The Morgan fingerprint density at radius 3 is 1.34 bits per heavy atom. The molecule has 6 rings (SSSR count). The molecule has 2 aromatic heterocycles. The lowest BCUT2D eigenvalue weighted by molar-refractivity contribution is 0.102. The van der Waals surface area contributed by atoms with Crippen molar-refractivity contribution in [3.8, 4) is 0 Å². The molecule has 204 valence electrons. The normalized spacial score (nSPS) is 11.2. The van der Waals surface area contributed by atoms with Gasteiger partial charge in [-0.3, -0.25) is 9.59 Å². The van der Waals surface area contributed by atoms with Gasteiger partial charge in [0.25, 0.3) is 11.8 Å². The quantitative estimate of drug-likeness (QED) is 0.187. The third kappa shape index (κ3) is 5.95.